The molecule has 0 unspecified atom stereocenters. The topological polar surface area (TPSA) is 116 Å². The summed E-state index contributed by atoms with van der Waals surface area (Å²) in [5.74, 6) is -0.204. The van der Waals surface area contributed by atoms with Crippen molar-refractivity contribution >= 4 is 27.5 Å². The Morgan fingerprint density at radius 3 is 2.37 bits per heavy atom. The second-order valence-corrected chi connectivity index (χ2v) is 8.00. The lowest BCUT2D eigenvalue weighted by molar-refractivity contribution is -0.146. The predicted molar refractivity (Wildman–Crippen MR) is 99.1 cm³/mol. The highest BCUT2D eigenvalue weighted by Crippen LogP contribution is 2.16. The lowest BCUT2D eigenvalue weighted by atomic mass is 10.1. The van der Waals surface area contributed by atoms with Gasteiger partial charge in [-0.25, -0.2) is 8.42 Å². The van der Waals surface area contributed by atoms with E-state index in [4.69, 9.17) is 9.26 Å². The van der Waals surface area contributed by atoms with Gasteiger partial charge in [-0.3, -0.25) is 14.3 Å². The third-order valence-electron chi connectivity index (χ3n) is 3.91. The fourth-order valence-electron chi connectivity index (χ4n) is 2.55. The number of anilines is 1. The molecule has 0 aliphatic rings. The number of nitrogens with zero attached hydrogens (tertiary/aromatic N) is 1. The van der Waals surface area contributed by atoms with Crippen molar-refractivity contribution in [3.63, 3.8) is 0 Å². The van der Waals surface area contributed by atoms with E-state index in [-0.39, 0.29) is 12.2 Å². The van der Waals surface area contributed by atoms with Crippen LogP contribution in [0.3, 0.4) is 0 Å². The third-order valence-corrected chi connectivity index (χ3v) is 4.52. The molecular formula is C18H22N2O6S. The number of esters is 1. The average molecular weight is 394 g/mol. The van der Waals surface area contributed by atoms with Crippen LogP contribution in [0.25, 0.3) is 0 Å². The zero-order chi connectivity index (χ0) is 20.2. The molecule has 0 spiro atoms. The van der Waals surface area contributed by atoms with Gasteiger partial charge in [0.1, 0.15) is 5.76 Å². The number of hydrogen-bond acceptors (Lipinski definition) is 7. The normalized spacial score (nSPS) is 12.4. The Morgan fingerprint density at radius 1 is 1.22 bits per heavy atom. The average Bonchev–Trinajstić information content (AvgIpc) is 2.90. The van der Waals surface area contributed by atoms with Crippen molar-refractivity contribution in [3.8, 4) is 0 Å². The summed E-state index contributed by atoms with van der Waals surface area (Å²) in [4.78, 5) is 24.4. The van der Waals surface area contributed by atoms with Crippen molar-refractivity contribution < 1.29 is 27.3 Å². The monoisotopic (exact) mass is 394 g/mol. The van der Waals surface area contributed by atoms with E-state index >= 15 is 0 Å². The highest BCUT2D eigenvalue weighted by Gasteiger charge is 2.20. The van der Waals surface area contributed by atoms with Crippen molar-refractivity contribution in [2.24, 2.45) is 0 Å². The van der Waals surface area contributed by atoms with Crippen LogP contribution in [0.5, 0.6) is 0 Å². The number of hydrogen-bond donors (Lipinski definition) is 1. The van der Waals surface area contributed by atoms with Gasteiger partial charge in [0.25, 0.3) is 0 Å². The van der Waals surface area contributed by atoms with E-state index in [9.17, 15) is 18.0 Å². The Kier molecular flexibility index (Phi) is 6.37. The van der Waals surface area contributed by atoms with Gasteiger partial charge in [0, 0.05) is 23.2 Å². The number of rotatable bonds is 8. The van der Waals surface area contributed by atoms with Crippen LogP contribution in [0.15, 0.2) is 28.8 Å². The summed E-state index contributed by atoms with van der Waals surface area (Å²) in [6.45, 7) is 5.07. The molecule has 9 heteroatoms. The van der Waals surface area contributed by atoms with Crippen LogP contribution in [0.4, 0.5) is 5.69 Å². The van der Waals surface area contributed by atoms with Gasteiger partial charge in [0.2, 0.25) is 15.8 Å². The number of carbonyl (C=O) groups excluding carboxylic acids is 2. The quantitative estimate of drug-likeness (QED) is 0.540. The number of nitrogens with one attached hydrogen (secondary N) is 1. The number of benzene rings is 1. The Labute approximate surface area is 157 Å². The molecule has 1 aromatic carbocycles. The molecule has 0 amide bonds. The first-order valence-electron chi connectivity index (χ1n) is 8.30. The summed E-state index contributed by atoms with van der Waals surface area (Å²) >= 11 is 0. The second-order valence-electron chi connectivity index (χ2n) is 6.25. The van der Waals surface area contributed by atoms with Crippen molar-refractivity contribution in [3.05, 3.63) is 46.8 Å². The highest BCUT2D eigenvalue weighted by molar-refractivity contribution is 7.92. The van der Waals surface area contributed by atoms with Gasteiger partial charge in [0.15, 0.2) is 6.10 Å². The minimum absolute atomic E-state index is 0.109. The maximum atomic E-state index is 12.4. The van der Waals surface area contributed by atoms with E-state index in [1.807, 2.05) is 0 Å². The molecule has 2 rings (SSSR count). The first kappa shape index (κ1) is 20.6. The van der Waals surface area contributed by atoms with Crippen LogP contribution in [0.1, 0.15) is 40.7 Å². The number of ketones is 1. The number of ether oxygens (including phenoxy) is 1. The zero-order valence-corrected chi connectivity index (χ0v) is 16.4. The molecule has 8 nitrogen and oxygen atoms in total. The van der Waals surface area contributed by atoms with E-state index in [2.05, 4.69) is 9.88 Å². The van der Waals surface area contributed by atoms with Crippen molar-refractivity contribution in [2.45, 2.75) is 39.7 Å². The van der Waals surface area contributed by atoms with E-state index in [1.165, 1.54) is 31.2 Å². The Morgan fingerprint density at radius 2 is 1.85 bits per heavy atom. The molecule has 1 aromatic heterocycles. The fourth-order valence-corrected chi connectivity index (χ4v) is 3.11. The summed E-state index contributed by atoms with van der Waals surface area (Å²) in [7, 11) is -3.39. The predicted octanol–water partition coefficient (Wildman–Crippen LogP) is 2.41. The molecule has 1 N–H and O–H groups in total. The minimum atomic E-state index is -3.39. The maximum absolute atomic E-state index is 12.4. The van der Waals surface area contributed by atoms with Crippen LogP contribution in [-0.4, -0.2) is 37.7 Å². The van der Waals surface area contributed by atoms with Gasteiger partial charge < -0.3 is 9.26 Å². The molecular weight excluding hydrogens is 372 g/mol. The second kappa shape index (κ2) is 8.34. The van der Waals surface area contributed by atoms with E-state index in [0.717, 1.165) is 17.5 Å². The number of Topliss-reactive ketones (excluding diaryl/α,β-unsaturated/α-hetero) is 1. The first-order chi connectivity index (χ1) is 12.6. The Hall–Kier alpha value is -2.68. The van der Waals surface area contributed by atoms with E-state index in [1.54, 1.807) is 13.8 Å². The van der Waals surface area contributed by atoms with Gasteiger partial charge >= 0.3 is 5.97 Å². The summed E-state index contributed by atoms with van der Waals surface area (Å²) < 4.78 is 34.9. The molecule has 27 heavy (non-hydrogen) atoms. The lowest BCUT2D eigenvalue weighted by Crippen LogP contribution is -2.24. The number of aromatic nitrogens is 1. The molecule has 0 radical (unpaired) electrons. The maximum Gasteiger partial charge on any atom is 0.306 e. The molecule has 2 aromatic rings. The first-order valence-corrected chi connectivity index (χ1v) is 10.2. The van der Waals surface area contributed by atoms with Gasteiger partial charge in [-0.1, -0.05) is 5.16 Å². The summed E-state index contributed by atoms with van der Waals surface area (Å²) in [6, 6.07) is 5.90. The number of sulfonamides is 1. The smallest absolute Gasteiger partial charge is 0.306 e. The molecule has 1 atom stereocenters. The van der Waals surface area contributed by atoms with Crippen LogP contribution >= 0.6 is 0 Å². The van der Waals surface area contributed by atoms with Crippen LogP contribution < -0.4 is 4.72 Å². The van der Waals surface area contributed by atoms with E-state index < -0.39 is 22.1 Å². The summed E-state index contributed by atoms with van der Waals surface area (Å²) in [5, 5.41) is 3.83. The van der Waals surface area contributed by atoms with Crippen LogP contribution in [0.2, 0.25) is 0 Å². The van der Waals surface area contributed by atoms with Crippen LogP contribution in [-0.2, 0) is 26.0 Å². The van der Waals surface area contributed by atoms with Gasteiger partial charge in [-0.15, -0.1) is 0 Å². The van der Waals surface area contributed by atoms with E-state index in [0.29, 0.717) is 23.4 Å². The van der Waals surface area contributed by atoms with Crippen LogP contribution in [0, 0.1) is 13.8 Å². The molecule has 0 aliphatic carbocycles. The van der Waals surface area contributed by atoms with Gasteiger partial charge in [-0.2, -0.15) is 0 Å². The van der Waals surface area contributed by atoms with Gasteiger partial charge in [-0.05, 0) is 51.5 Å². The van der Waals surface area contributed by atoms with Gasteiger partial charge in [0.05, 0.1) is 11.9 Å². The van der Waals surface area contributed by atoms with Crippen molar-refractivity contribution in [2.75, 3.05) is 11.0 Å². The number of carbonyl (C=O) groups is 2. The number of aryl methyl sites for hydroxylation is 2. The largest absolute Gasteiger partial charge is 0.454 e. The zero-order valence-electron chi connectivity index (χ0n) is 15.6. The van der Waals surface area contributed by atoms with Crippen molar-refractivity contribution in [1.82, 2.24) is 5.16 Å². The fraction of sp³-hybridized carbons (Fsp3) is 0.389. The highest BCUT2D eigenvalue weighted by atomic mass is 32.2. The third kappa shape index (κ3) is 5.92. The molecule has 0 saturated carbocycles. The molecule has 146 valence electrons. The molecule has 0 bridgehead atoms. The minimum Gasteiger partial charge on any atom is -0.454 e. The Balaban J connectivity index is 1.91. The standard InChI is InChI=1S/C18H22N2O6S/c1-11-16(12(2)26-19-11)9-10-17(21)25-13(3)18(22)14-5-7-15(8-6-14)20-27(4,23)24/h5-8,13,20H,9-10H2,1-4H3/t13-/m0/s1. The SMILES string of the molecule is Cc1noc(C)c1CCC(=O)O[C@@H](C)C(=O)c1ccc(NS(C)(=O)=O)cc1. The van der Waals surface area contributed by atoms with Crippen molar-refractivity contribution in [1.29, 1.82) is 0 Å². The molecule has 1 heterocycles. The summed E-state index contributed by atoms with van der Waals surface area (Å²) in [6.07, 6.45) is 0.622. The Bertz CT molecular complexity index is 912. The lowest BCUT2D eigenvalue weighted by Gasteiger charge is -2.13. The molecule has 0 saturated heterocycles. The molecule has 0 fully saturated rings. The summed E-state index contributed by atoms with van der Waals surface area (Å²) in [5.41, 5.74) is 2.25. The molecule has 0 aliphatic heterocycles.